The molecule has 1 heterocycles. The fraction of sp³-hybridized carbons (Fsp3) is 0.500. The Morgan fingerprint density at radius 3 is 2.94 bits per heavy atom. The van der Waals surface area contributed by atoms with Crippen LogP contribution in [0.15, 0.2) is 18.2 Å². The summed E-state index contributed by atoms with van der Waals surface area (Å²) in [6.07, 6.45) is 2.68. The number of ether oxygens (including phenoxy) is 1. The smallest absolute Gasteiger partial charge is 0.274 e. The fourth-order valence-electron chi connectivity index (χ4n) is 2.05. The molecule has 0 saturated carbocycles. The first kappa shape index (κ1) is 12.8. The number of halogens is 1. The number of hydrogen-bond acceptors (Lipinski definition) is 4. The number of nitrogens with zero attached hydrogens (tertiary/aromatic N) is 1. The summed E-state index contributed by atoms with van der Waals surface area (Å²) in [4.78, 5) is 10.1. The fourth-order valence-corrected chi connectivity index (χ4v) is 2.05. The SMILES string of the molecule is O=[N+]([O-])c1cc(F)cc(NC2CCCOCC2)c1. The zero-order valence-electron chi connectivity index (χ0n) is 9.89. The zero-order chi connectivity index (χ0) is 13.0. The highest BCUT2D eigenvalue weighted by Gasteiger charge is 2.15. The molecule has 18 heavy (non-hydrogen) atoms. The lowest BCUT2D eigenvalue weighted by Crippen LogP contribution is -2.19. The Balaban J connectivity index is 2.10. The summed E-state index contributed by atoms with van der Waals surface area (Å²) in [5, 5.41) is 13.8. The summed E-state index contributed by atoms with van der Waals surface area (Å²) in [6, 6.07) is 3.73. The molecule has 1 aromatic rings. The minimum absolute atomic E-state index is 0.175. The summed E-state index contributed by atoms with van der Waals surface area (Å²) < 4.78 is 18.6. The van der Waals surface area contributed by atoms with E-state index in [1.807, 2.05) is 0 Å². The molecular formula is C12H15FN2O3. The number of nitro benzene ring substituents is 1. The van der Waals surface area contributed by atoms with Crippen molar-refractivity contribution < 1.29 is 14.1 Å². The van der Waals surface area contributed by atoms with Crippen LogP contribution >= 0.6 is 0 Å². The van der Waals surface area contributed by atoms with Crippen LogP contribution < -0.4 is 5.32 Å². The first-order chi connectivity index (χ1) is 8.65. The number of anilines is 1. The van der Waals surface area contributed by atoms with Gasteiger partial charge in [0, 0.05) is 31.0 Å². The van der Waals surface area contributed by atoms with Gasteiger partial charge in [-0.3, -0.25) is 10.1 Å². The number of hydrogen-bond donors (Lipinski definition) is 1. The topological polar surface area (TPSA) is 64.4 Å². The van der Waals surface area contributed by atoms with Crippen LogP contribution in [-0.4, -0.2) is 24.2 Å². The van der Waals surface area contributed by atoms with Crippen molar-refractivity contribution >= 4 is 11.4 Å². The average molecular weight is 254 g/mol. The van der Waals surface area contributed by atoms with Gasteiger partial charge in [-0.25, -0.2) is 4.39 Å². The first-order valence-electron chi connectivity index (χ1n) is 5.94. The Morgan fingerprint density at radius 2 is 2.17 bits per heavy atom. The van der Waals surface area contributed by atoms with E-state index in [0.717, 1.165) is 31.9 Å². The standard InChI is InChI=1S/C12H15FN2O3/c13-9-6-11(8-12(7-9)15(16)17)14-10-2-1-4-18-5-3-10/h6-8,10,14H,1-5H2. The highest BCUT2D eigenvalue weighted by atomic mass is 19.1. The van der Waals surface area contributed by atoms with Gasteiger partial charge in [0.2, 0.25) is 0 Å². The Labute approximate surface area is 104 Å². The first-order valence-corrected chi connectivity index (χ1v) is 5.94. The average Bonchev–Trinajstić information content (AvgIpc) is 2.57. The van der Waals surface area contributed by atoms with E-state index in [0.29, 0.717) is 12.3 Å². The van der Waals surface area contributed by atoms with E-state index in [1.165, 1.54) is 12.1 Å². The van der Waals surface area contributed by atoms with Gasteiger partial charge in [-0.05, 0) is 25.3 Å². The molecule has 1 atom stereocenters. The molecule has 0 aliphatic carbocycles. The number of nitrogens with one attached hydrogen (secondary N) is 1. The maximum atomic E-state index is 13.3. The number of non-ortho nitro benzene ring substituents is 1. The molecule has 0 radical (unpaired) electrons. The summed E-state index contributed by atoms with van der Waals surface area (Å²) in [7, 11) is 0. The second-order valence-electron chi connectivity index (χ2n) is 4.34. The van der Waals surface area contributed by atoms with Gasteiger partial charge < -0.3 is 10.1 Å². The van der Waals surface area contributed by atoms with Crippen LogP contribution in [0.2, 0.25) is 0 Å². The van der Waals surface area contributed by atoms with Crippen molar-refractivity contribution in [3.05, 3.63) is 34.1 Å². The maximum absolute atomic E-state index is 13.3. The molecular weight excluding hydrogens is 239 g/mol. The van der Waals surface area contributed by atoms with Crippen molar-refractivity contribution in [2.24, 2.45) is 0 Å². The lowest BCUT2D eigenvalue weighted by atomic mass is 10.1. The predicted octanol–water partition coefficient (Wildman–Crippen LogP) is 2.71. The van der Waals surface area contributed by atoms with Gasteiger partial charge in [0.05, 0.1) is 11.0 Å². The number of benzene rings is 1. The normalized spacial score (nSPS) is 20.2. The summed E-state index contributed by atoms with van der Waals surface area (Å²) >= 11 is 0. The third-order valence-corrected chi connectivity index (χ3v) is 2.92. The van der Waals surface area contributed by atoms with Crippen LogP contribution in [0.4, 0.5) is 15.8 Å². The van der Waals surface area contributed by atoms with Crippen LogP contribution in [0.5, 0.6) is 0 Å². The van der Waals surface area contributed by atoms with Gasteiger partial charge in [-0.2, -0.15) is 0 Å². The van der Waals surface area contributed by atoms with Gasteiger partial charge in [0.25, 0.3) is 5.69 Å². The highest BCUT2D eigenvalue weighted by molar-refractivity contribution is 5.52. The van der Waals surface area contributed by atoms with E-state index >= 15 is 0 Å². The second-order valence-corrected chi connectivity index (χ2v) is 4.34. The maximum Gasteiger partial charge on any atom is 0.274 e. The summed E-state index contributed by atoms with van der Waals surface area (Å²) in [5.41, 5.74) is 0.218. The molecule has 1 N–H and O–H groups in total. The van der Waals surface area contributed by atoms with Crippen molar-refractivity contribution in [3.63, 3.8) is 0 Å². The lowest BCUT2D eigenvalue weighted by Gasteiger charge is -2.16. The minimum atomic E-state index is -0.600. The molecule has 2 rings (SSSR count). The van der Waals surface area contributed by atoms with Crippen LogP contribution in [0.3, 0.4) is 0 Å². The Bertz CT molecular complexity index is 431. The van der Waals surface area contributed by atoms with Crippen molar-refractivity contribution in [1.82, 2.24) is 0 Å². The third-order valence-electron chi connectivity index (χ3n) is 2.92. The molecule has 1 aliphatic rings. The van der Waals surface area contributed by atoms with E-state index in [9.17, 15) is 14.5 Å². The zero-order valence-corrected chi connectivity index (χ0v) is 9.89. The molecule has 6 heteroatoms. The van der Waals surface area contributed by atoms with Gasteiger partial charge in [0.1, 0.15) is 5.82 Å². The van der Waals surface area contributed by atoms with E-state index in [2.05, 4.69) is 5.32 Å². The van der Waals surface area contributed by atoms with Crippen molar-refractivity contribution in [1.29, 1.82) is 0 Å². The lowest BCUT2D eigenvalue weighted by molar-refractivity contribution is -0.385. The van der Waals surface area contributed by atoms with Gasteiger partial charge >= 0.3 is 0 Å². The largest absolute Gasteiger partial charge is 0.382 e. The minimum Gasteiger partial charge on any atom is -0.382 e. The molecule has 0 spiro atoms. The van der Waals surface area contributed by atoms with Crippen molar-refractivity contribution in [2.75, 3.05) is 18.5 Å². The highest BCUT2D eigenvalue weighted by Crippen LogP contribution is 2.22. The van der Waals surface area contributed by atoms with Crippen LogP contribution in [0.25, 0.3) is 0 Å². The quantitative estimate of drug-likeness (QED) is 0.665. The molecule has 1 unspecified atom stereocenters. The molecule has 1 fully saturated rings. The van der Waals surface area contributed by atoms with E-state index < -0.39 is 10.7 Å². The molecule has 98 valence electrons. The van der Waals surface area contributed by atoms with Gasteiger partial charge in [-0.1, -0.05) is 0 Å². The summed E-state index contributed by atoms with van der Waals surface area (Å²) in [6.45, 7) is 1.40. The van der Waals surface area contributed by atoms with Crippen LogP contribution in [0, 0.1) is 15.9 Å². The number of rotatable bonds is 3. The second kappa shape index (κ2) is 5.77. The third kappa shape index (κ3) is 3.40. The predicted molar refractivity (Wildman–Crippen MR) is 65.1 cm³/mol. The van der Waals surface area contributed by atoms with E-state index in [1.54, 1.807) is 0 Å². The molecule has 0 bridgehead atoms. The molecule has 1 saturated heterocycles. The molecule has 1 aromatic carbocycles. The Morgan fingerprint density at radius 1 is 1.33 bits per heavy atom. The van der Waals surface area contributed by atoms with Gasteiger partial charge in [-0.15, -0.1) is 0 Å². The van der Waals surface area contributed by atoms with Crippen molar-refractivity contribution in [2.45, 2.75) is 25.3 Å². The molecule has 0 amide bonds. The van der Waals surface area contributed by atoms with Crippen molar-refractivity contribution in [3.8, 4) is 0 Å². The summed E-state index contributed by atoms with van der Waals surface area (Å²) in [5.74, 6) is -0.600. The van der Waals surface area contributed by atoms with E-state index in [-0.39, 0.29) is 11.7 Å². The Hall–Kier alpha value is -1.69. The number of nitro groups is 1. The molecule has 0 aromatic heterocycles. The molecule has 5 nitrogen and oxygen atoms in total. The van der Waals surface area contributed by atoms with Gasteiger partial charge in [0.15, 0.2) is 0 Å². The Kier molecular flexibility index (Phi) is 4.09. The molecule has 1 aliphatic heterocycles. The van der Waals surface area contributed by atoms with Crippen LogP contribution in [-0.2, 0) is 4.74 Å². The van der Waals surface area contributed by atoms with Crippen LogP contribution in [0.1, 0.15) is 19.3 Å². The monoisotopic (exact) mass is 254 g/mol. The van der Waals surface area contributed by atoms with E-state index in [4.69, 9.17) is 4.74 Å².